The Hall–Kier alpha value is -1.59. The lowest BCUT2D eigenvalue weighted by molar-refractivity contribution is 0.0747. The maximum atomic E-state index is 12.3. The van der Waals surface area contributed by atoms with Gasteiger partial charge in [-0.15, -0.1) is 0 Å². The quantitative estimate of drug-likeness (QED) is 0.932. The average molecular weight is 303 g/mol. The van der Waals surface area contributed by atoms with Gasteiger partial charge in [-0.1, -0.05) is 18.2 Å². The van der Waals surface area contributed by atoms with Crippen LogP contribution >= 0.6 is 0 Å². The number of carbonyl (C=O) groups is 1. The van der Waals surface area contributed by atoms with Gasteiger partial charge in [0.05, 0.1) is 6.10 Å². The summed E-state index contributed by atoms with van der Waals surface area (Å²) in [4.78, 5) is 16.7. The van der Waals surface area contributed by atoms with Gasteiger partial charge in [0.1, 0.15) is 0 Å². The van der Waals surface area contributed by atoms with Crippen molar-refractivity contribution in [2.45, 2.75) is 25.4 Å². The van der Waals surface area contributed by atoms with Crippen LogP contribution in [0.15, 0.2) is 30.3 Å². The molecular weight excluding hydrogens is 278 g/mol. The van der Waals surface area contributed by atoms with Crippen LogP contribution in [0.1, 0.15) is 19.3 Å². The maximum absolute atomic E-state index is 12.3. The summed E-state index contributed by atoms with van der Waals surface area (Å²) in [6.45, 7) is 5.50. The molecule has 2 aliphatic rings. The molecule has 2 heterocycles. The van der Waals surface area contributed by atoms with Crippen LogP contribution in [0.25, 0.3) is 0 Å². The minimum Gasteiger partial charge on any atom is -0.377 e. The van der Waals surface area contributed by atoms with Crippen LogP contribution in [0, 0.1) is 0 Å². The topological polar surface area (TPSA) is 44.8 Å². The molecule has 2 fully saturated rings. The van der Waals surface area contributed by atoms with E-state index in [0.717, 1.165) is 51.4 Å². The van der Waals surface area contributed by atoms with Gasteiger partial charge in [-0.2, -0.15) is 0 Å². The molecule has 1 aromatic carbocycles. The summed E-state index contributed by atoms with van der Waals surface area (Å²) < 4.78 is 5.72. The number of hydrogen-bond acceptors (Lipinski definition) is 3. The third kappa shape index (κ3) is 4.21. The van der Waals surface area contributed by atoms with E-state index < -0.39 is 0 Å². The van der Waals surface area contributed by atoms with E-state index in [1.807, 2.05) is 35.2 Å². The fraction of sp³-hybridized carbons (Fsp3) is 0.588. The number of benzene rings is 1. The van der Waals surface area contributed by atoms with Crippen LogP contribution in [0.3, 0.4) is 0 Å². The SMILES string of the molecule is O=C(Nc1ccccc1)N1CCCN(CC2CCCO2)CC1. The Balaban J connectivity index is 1.48. The first kappa shape index (κ1) is 15.3. The summed E-state index contributed by atoms with van der Waals surface area (Å²) in [5, 5.41) is 2.97. The van der Waals surface area contributed by atoms with Gasteiger partial charge in [0.25, 0.3) is 0 Å². The second kappa shape index (κ2) is 7.61. The number of rotatable bonds is 3. The third-order valence-electron chi connectivity index (χ3n) is 4.39. The molecule has 2 amide bonds. The number of amides is 2. The standard InChI is InChI=1S/C17H25N3O2/c21-17(18-15-6-2-1-3-7-15)20-10-5-9-19(11-12-20)14-16-8-4-13-22-16/h1-3,6-7,16H,4-5,8-14H2,(H,18,21). The molecule has 2 aliphatic heterocycles. The predicted molar refractivity (Wildman–Crippen MR) is 87.1 cm³/mol. The van der Waals surface area contributed by atoms with Gasteiger partial charge < -0.3 is 15.0 Å². The minimum absolute atomic E-state index is 0.00478. The molecule has 0 bridgehead atoms. The van der Waals surface area contributed by atoms with Crippen molar-refractivity contribution in [2.24, 2.45) is 0 Å². The van der Waals surface area contributed by atoms with E-state index in [0.29, 0.717) is 6.10 Å². The molecule has 5 heteroatoms. The van der Waals surface area contributed by atoms with Crippen molar-refractivity contribution >= 4 is 11.7 Å². The van der Waals surface area contributed by atoms with Crippen LogP contribution in [0.2, 0.25) is 0 Å². The lowest BCUT2D eigenvalue weighted by atomic mass is 10.2. The summed E-state index contributed by atoms with van der Waals surface area (Å²) in [5.74, 6) is 0. The first-order valence-corrected chi connectivity index (χ1v) is 8.26. The van der Waals surface area contributed by atoms with Crippen molar-refractivity contribution < 1.29 is 9.53 Å². The van der Waals surface area contributed by atoms with E-state index in [1.165, 1.54) is 12.8 Å². The third-order valence-corrected chi connectivity index (χ3v) is 4.39. The van der Waals surface area contributed by atoms with Gasteiger partial charge in [0.15, 0.2) is 0 Å². The van der Waals surface area contributed by atoms with Crippen LogP contribution in [0.5, 0.6) is 0 Å². The summed E-state index contributed by atoms with van der Waals surface area (Å²) >= 11 is 0. The summed E-state index contributed by atoms with van der Waals surface area (Å²) in [6, 6.07) is 9.65. The second-order valence-electron chi connectivity index (χ2n) is 6.07. The number of nitrogens with zero attached hydrogens (tertiary/aromatic N) is 2. The molecule has 5 nitrogen and oxygen atoms in total. The molecule has 120 valence electrons. The van der Waals surface area contributed by atoms with Crippen LogP contribution in [-0.2, 0) is 4.74 Å². The van der Waals surface area contributed by atoms with Crippen LogP contribution in [-0.4, -0.2) is 61.3 Å². The highest BCUT2D eigenvalue weighted by Gasteiger charge is 2.23. The summed E-state index contributed by atoms with van der Waals surface area (Å²) in [7, 11) is 0. The summed E-state index contributed by atoms with van der Waals surface area (Å²) in [5.41, 5.74) is 0.855. The Kier molecular flexibility index (Phi) is 5.29. The molecule has 0 spiro atoms. The lowest BCUT2D eigenvalue weighted by Crippen LogP contribution is -2.39. The van der Waals surface area contributed by atoms with Gasteiger partial charge in [-0.05, 0) is 37.9 Å². The second-order valence-corrected chi connectivity index (χ2v) is 6.07. The van der Waals surface area contributed by atoms with Crippen molar-refractivity contribution in [1.82, 2.24) is 9.80 Å². The highest BCUT2D eigenvalue weighted by molar-refractivity contribution is 5.89. The molecule has 0 saturated carbocycles. The first-order chi connectivity index (χ1) is 10.8. The van der Waals surface area contributed by atoms with Crippen molar-refractivity contribution in [3.05, 3.63) is 30.3 Å². The normalized spacial score (nSPS) is 23.3. The van der Waals surface area contributed by atoms with Crippen molar-refractivity contribution in [3.63, 3.8) is 0 Å². The zero-order valence-corrected chi connectivity index (χ0v) is 13.0. The highest BCUT2D eigenvalue weighted by atomic mass is 16.5. The smallest absolute Gasteiger partial charge is 0.321 e. The fourth-order valence-electron chi connectivity index (χ4n) is 3.16. The van der Waals surface area contributed by atoms with Crippen molar-refractivity contribution in [1.29, 1.82) is 0 Å². The van der Waals surface area contributed by atoms with Gasteiger partial charge >= 0.3 is 6.03 Å². The molecule has 0 radical (unpaired) electrons. The van der Waals surface area contributed by atoms with Gasteiger partial charge in [0.2, 0.25) is 0 Å². The molecule has 3 rings (SSSR count). The van der Waals surface area contributed by atoms with E-state index in [-0.39, 0.29) is 6.03 Å². The number of ether oxygens (including phenoxy) is 1. The molecule has 1 N–H and O–H groups in total. The number of urea groups is 1. The Morgan fingerprint density at radius 2 is 2.00 bits per heavy atom. The molecule has 1 aromatic rings. The molecule has 1 atom stereocenters. The lowest BCUT2D eigenvalue weighted by Gasteiger charge is -2.24. The first-order valence-electron chi connectivity index (χ1n) is 8.26. The number of carbonyl (C=O) groups excluding carboxylic acids is 1. The maximum Gasteiger partial charge on any atom is 0.321 e. The van der Waals surface area contributed by atoms with Gasteiger partial charge in [-0.3, -0.25) is 4.90 Å². The van der Waals surface area contributed by atoms with Crippen molar-refractivity contribution in [2.75, 3.05) is 44.6 Å². The minimum atomic E-state index is 0.00478. The molecular formula is C17H25N3O2. The van der Waals surface area contributed by atoms with E-state index >= 15 is 0 Å². The monoisotopic (exact) mass is 303 g/mol. The van der Waals surface area contributed by atoms with E-state index in [2.05, 4.69) is 10.2 Å². The van der Waals surface area contributed by atoms with Crippen LogP contribution < -0.4 is 5.32 Å². The zero-order valence-electron chi connectivity index (χ0n) is 13.0. The number of nitrogens with one attached hydrogen (secondary N) is 1. The molecule has 0 aliphatic carbocycles. The Labute approximate surface area is 132 Å². The Bertz CT molecular complexity index is 474. The average Bonchev–Trinajstić information content (AvgIpc) is 2.92. The fourth-order valence-corrected chi connectivity index (χ4v) is 3.16. The Morgan fingerprint density at radius 3 is 2.77 bits per heavy atom. The number of para-hydroxylation sites is 1. The van der Waals surface area contributed by atoms with Crippen molar-refractivity contribution in [3.8, 4) is 0 Å². The van der Waals surface area contributed by atoms with E-state index in [4.69, 9.17) is 4.74 Å². The molecule has 1 unspecified atom stereocenters. The van der Waals surface area contributed by atoms with E-state index in [1.54, 1.807) is 0 Å². The van der Waals surface area contributed by atoms with Crippen LogP contribution in [0.4, 0.5) is 10.5 Å². The van der Waals surface area contributed by atoms with E-state index in [9.17, 15) is 4.79 Å². The zero-order chi connectivity index (χ0) is 15.2. The summed E-state index contributed by atoms with van der Waals surface area (Å²) in [6.07, 6.45) is 3.78. The Morgan fingerprint density at radius 1 is 1.14 bits per heavy atom. The number of anilines is 1. The number of hydrogen-bond donors (Lipinski definition) is 1. The molecule has 0 aromatic heterocycles. The largest absolute Gasteiger partial charge is 0.377 e. The molecule has 22 heavy (non-hydrogen) atoms. The predicted octanol–water partition coefficient (Wildman–Crippen LogP) is 2.41. The molecule has 2 saturated heterocycles. The highest BCUT2D eigenvalue weighted by Crippen LogP contribution is 2.15. The van der Waals surface area contributed by atoms with Gasteiger partial charge in [-0.25, -0.2) is 4.79 Å². The van der Waals surface area contributed by atoms with Gasteiger partial charge in [0, 0.05) is 38.5 Å².